The predicted molar refractivity (Wildman–Crippen MR) is 142 cm³/mol. The second-order valence-electron chi connectivity index (χ2n) is 8.81. The molecule has 4 aromatic rings. The summed E-state index contributed by atoms with van der Waals surface area (Å²) in [5.41, 5.74) is -0.501. The predicted octanol–water partition coefficient (Wildman–Crippen LogP) is 2.15. The molecule has 0 saturated heterocycles. The third-order valence-corrected chi connectivity index (χ3v) is 6.94. The number of rotatable bonds is 10. The van der Waals surface area contributed by atoms with Crippen LogP contribution in [-0.2, 0) is 23.1 Å². The second kappa shape index (κ2) is 11.9. The SMILES string of the molecule is CS(=O)(=O)NC(CO)c1nc(Cn2nc(-c3ccc(Cl)cc3)n(C[C@H](O)C(F)(F)F)c2=O)nn1-c1ccccc1Cl. The average Bonchev–Trinajstić information content (AvgIpc) is 3.44. The molecule has 2 heterocycles. The van der Waals surface area contributed by atoms with Crippen molar-refractivity contribution in [2.24, 2.45) is 0 Å². The molecule has 1 unspecified atom stereocenters. The van der Waals surface area contributed by atoms with E-state index >= 15 is 0 Å². The number of nitrogens with one attached hydrogen (secondary N) is 1. The molecule has 2 aromatic heterocycles. The van der Waals surface area contributed by atoms with E-state index in [0.717, 1.165) is 10.9 Å². The molecule has 0 aliphatic carbocycles. The highest BCUT2D eigenvalue weighted by Crippen LogP contribution is 2.26. The van der Waals surface area contributed by atoms with Crippen LogP contribution < -0.4 is 10.4 Å². The number of benzene rings is 2. The first-order valence-electron chi connectivity index (χ1n) is 11.6. The molecule has 18 heteroatoms. The molecule has 0 amide bonds. The van der Waals surface area contributed by atoms with E-state index in [1.165, 1.54) is 35.0 Å². The van der Waals surface area contributed by atoms with Crippen LogP contribution >= 0.6 is 23.2 Å². The molecule has 0 fully saturated rings. The number of hydrogen-bond acceptors (Lipinski definition) is 8. The van der Waals surface area contributed by atoms with Gasteiger partial charge in [0.05, 0.1) is 30.1 Å². The zero-order chi connectivity index (χ0) is 30.1. The highest BCUT2D eigenvalue weighted by atomic mass is 35.5. The number of hydrogen-bond donors (Lipinski definition) is 3. The van der Waals surface area contributed by atoms with Gasteiger partial charge in [0.15, 0.2) is 23.6 Å². The topological polar surface area (TPSA) is 157 Å². The maximum Gasteiger partial charge on any atom is 0.416 e. The van der Waals surface area contributed by atoms with Gasteiger partial charge in [-0.25, -0.2) is 32.3 Å². The second-order valence-corrected chi connectivity index (χ2v) is 11.4. The van der Waals surface area contributed by atoms with E-state index in [1.807, 2.05) is 0 Å². The van der Waals surface area contributed by atoms with Gasteiger partial charge in [-0.1, -0.05) is 35.3 Å². The Bertz CT molecular complexity index is 1710. The van der Waals surface area contributed by atoms with Gasteiger partial charge < -0.3 is 10.2 Å². The fraction of sp³-hybridized carbons (Fsp3) is 0.304. The number of sulfonamides is 1. The van der Waals surface area contributed by atoms with Crippen molar-refractivity contribution < 1.29 is 31.8 Å². The van der Waals surface area contributed by atoms with Crippen LogP contribution in [0.1, 0.15) is 17.7 Å². The standard InChI is InChI=1S/C23H22Cl2F3N7O5S/c1-41(39,40)32-16(12-36)21-29-19(30-35(21)17-5-3-2-4-15(17)25)11-34-22(38)33(10-18(37)23(26,27)28)20(31-34)13-6-8-14(24)9-7-13/h2-9,16,18,32,36-37H,10-12H2,1H3/t16?,18-/m0/s1. The summed E-state index contributed by atoms with van der Waals surface area (Å²) in [4.78, 5) is 17.5. The quantitative estimate of drug-likeness (QED) is 0.239. The summed E-state index contributed by atoms with van der Waals surface area (Å²) in [5, 5.41) is 28.6. The minimum Gasteiger partial charge on any atom is -0.394 e. The average molecular weight is 636 g/mol. The minimum atomic E-state index is -5.01. The summed E-state index contributed by atoms with van der Waals surface area (Å²) in [6.45, 7) is -2.34. The number of halogens is 5. The van der Waals surface area contributed by atoms with Crippen LogP contribution in [0.15, 0.2) is 53.3 Å². The lowest BCUT2D eigenvalue weighted by Gasteiger charge is -2.15. The molecule has 0 saturated carbocycles. The number of nitrogens with zero attached hydrogens (tertiary/aromatic N) is 6. The Morgan fingerprint density at radius 3 is 2.32 bits per heavy atom. The van der Waals surface area contributed by atoms with Crippen molar-refractivity contribution in [3.63, 3.8) is 0 Å². The third-order valence-electron chi connectivity index (χ3n) is 5.66. The maximum atomic E-state index is 13.2. The summed E-state index contributed by atoms with van der Waals surface area (Å²) in [7, 11) is -3.83. The first kappa shape index (κ1) is 30.7. The first-order valence-corrected chi connectivity index (χ1v) is 14.3. The normalized spacial score (nSPS) is 13.9. The third kappa shape index (κ3) is 7.14. The molecule has 0 aliphatic rings. The lowest BCUT2D eigenvalue weighted by molar-refractivity contribution is -0.207. The highest BCUT2D eigenvalue weighted by Gasteiger charge is 2.39. The highest BCUT2D eigenvalue weighted by molar-refractivity contribution is 7.88. The lowest BCUT2D eigenvalue weighted by atomic mass is 10.2. The van der Waals surface area contributed by atoms with Crippen molar-refractivity contribution >= 4 is 33.2 Å². The fourth-order valence-electron chi connectivity index (χ4n) is 3.82. The maximum absolute atomic E-state index is 13.2. The summed E-state index contributed by atoms with van der Waals surface area (Å²) >= 11 is 12.2. The smallest absolute Gasteiger partial charge is 0.394 e. The zero-order valence-corrected chi connectivity index (χ0v) is 23.3. The van der Waals surface area contributed by atoms with E-state index in [2.05, 4.69) is 19.9 Å². The van der Waals surface area contributed by atoms with E-state index in [-0.39, 0.29) is 33.7 Å². The van der Waals surface area contributed by atoms with Crippen LogP contribution in [0.4, 0.5) is 13.2 Å². The Balaban J connectivity index is 1.82. The molecule has 41 heavy (non-hydrogen) atoms. The Morgan fingerprint density at radius 2 is 1.73 bits per heavy atom. The van der Waals surface area contributed by atoms with Crippen LogP contribution in [0.5, 0.6) is 0 Å². The van der Waals surface area contributed by atoms with Crippen molar-refractivity contribution in [2.75, 3.05) is 12.9 Å². The van der Waals surface area contributed by atoms with Gasteiger partial charge in [-0.2, -0.15) is 13.2 Å². The van der Waals surface area contributed by atoms with E-state index in [9.17, 15) is 36.6 Å². The van der Waals surface area contributed by atoms with E-state index in [0.29, 0.717) is 9.59 Å². The Morgan fingerprint density at radius 1 is 1.07 bits per heavy atom. The minimum absolute atomic E-state index is 0.0843. The van der Waals surface area contributed by atoms with E-state index in [1.54, 1.807) is 18.2 Å². The summed E-state index contributed by atoms with van der Waals surface area (Å²) < 4.78 is 68.2. The molecule has 220 valence electrons. The van der Waals surface area contributed by atoms with E-state index in [4.69, 9.17) is 23.2 Å². The van der Waals surface area contributed by atoms with Crippen LogP contribution in [0.2, 0.25) is 10.0 Å². The molecule has 0 aliphatic heterocycles. The summed E-state index contributed by atoms with van der Waals surface area (Å²) in [6, 6.07) is 10.9. The number of aliphatic hydroxyl groups excluding tert-OH is 2. The van der Waals surface area contributed by atoms with Crippen molar-refractivity contribution in [3.8, 4) is 17.1 Å². The van der Waals surface area contributed by atoms with Crippen LogP contribution in [0.3, 0.4) is 0 Å². The molecule has 0 radical (unpaired) electrons. The van der Waals surface area contributed by atoms with Gasteiger partial charge >= 0.3 is 11.9 Å². The molecule has 0 bridgehead atoms. The van der Waals surface area contributed by atoms with Gasteiger partial charge in [0, 0.05) is 10.6 Å². The lowest BCUT2D eigenvalue weighted by Crippen LogP contribution is -2.37. The van der Waals surface area contributed by atoms with Crippen LogP contribution in [0, 0.1) is 0 Å². The number of para-hydroxylation sites is 1. The monoisotopic (exact) mass is 635 g/mol. The van der Waals surface area contributed by atoms with Crippen molar-refractivity contribution in [1.82, 2.24) is 33.8 Å². The van der Waals surface area contributed by atoms with Gasteiger partial charge in [0.2, 0.25) is 10.0 Å². The molecule has 2 atom stereocenters. The van der Waals surface area contributed by atoms with Crippen LogP contribution in [-0.4, -0.2) is 72.9 Å². The van der Waals surface area contributed by atoms with Gasteiger partial charge in [-0.15, -0.1) is 10.2 Å². The van der Waals surface area contributed by atoms with Crippen molar-refractivity contribution in [2.45, 2.75) is 31.4 Å². The molecule has 4 rings (SSSR count). The fourth-order valence-corrected chi connectivity index (χ4v) is 4.86. The molecular weight excluding hydrogens is 614 g/mol. The molecule has 12 nitrogen and oxygen atoms in total. The van der Waals surface area contributed by atoms with Crippen molar-refractivity contribution in [3.05, 3.63) is 80.7 Å². The number of aromatic nitrogens is 6. The summed E-state index contributed by atoms with van der Waals surface area (Å²) in [5.74, 6) is -0.383. The summed E-state index contributed by atoms with van der Waals surface area (Å²) in [6.07, 6.45) is -6.98. The first-order chi connectivity index (χ1) is 19.2. The van der Waals surface area contributed by atoms with Gasteiger partial charge in [-0.05, 0) is 36.4 Å². The molecule has 2 aromatic carbocycles. The zero-order valence-electron chi connectivity index (χ0n) is 21.0. The Labute approximate surface area is 240 Å². The van der Waals surface area contributed by atoms with Crippen molar-refractivity contribution in [1.29, 1.82) is 0 Å². The van der Waals surface area contributed by atoms with Gasteiger partial charge in [0.25, 0.3) is 0 Å². The number of alkyl halides is 3. The van der Waals surface area contributed by atoms with Crippen LogP contribution in [0.25, 0.3) is 17.1 Å². The van der Waals surface area contributed by atoms with Gasteiger partial charge in [0.1, 0.15) is 12.6 Å². The molecule has 3 N–H and O–H groups in total. The Kier molecular flexibility index (Phi) is 8.91. The number of aliphatic hydroxyl groups is 2. The largest absolute Gasteiger partial charge is 0.416 e. The van der Waals surface area contributed by atoms with E-state index < -0.39 is 53.7 Å². The molecular formula is C23H22Cl2F3N7O5S. The molecule has 0 spiro atoms. The van der Waals surface area contributed by atoms with Gasteiger partial charge in [-0.3, -0.25) is 4.57 Å². The Hall–Kier alpha value is -3.28.